The van der Waals surface area contributed by atoms with E-state index in [0.717, 1.165) is 6.54 Å². The summed E-state index contributed by atoms with van der Waals surface area (Å²) in [6.45, 7) is 0.921. The lowest BCUT2D eigenvalue weighted by atomic mass is 10.2. The Morgan fingerprint density at radius 3 is 3.25 bits per heavy atom. The number of hydrogen-bond acceptors (Lipinski definition) is 3. The molecule has 0 aromatic rings. The van der Waals surface area contributed by atoms with Gasteiger partial charge in [0.2, 0.25) is 0 Å². The van der Waals surface area contributed by atoms with Crippen LogP contribution in [-0.4, -0.2) is 19.4 Å². The zero-order chi connectivity index (χ0) is 11.2. The Hall–Kier alpha value is -0.970. The Balaban J connectivity index is 1.94. The third-order valence-corrected chi connectivity index (χ3v) is 3.56. The summed E-state index contributed by atoms with van der Waals surface area (Å²) >= 11 is 1.93. The van der Waals surface area contributed by atoms with Crippen LogP contribution in [-0.2, 0) is 4.84 Å². The van der Waals surface area contributed by atoms with E-state index in [4.69, 9.17) is 4.84 Å². The van der Waals surface area contributed by atoms with Gasteiger partial charge in [0.05, 0.1) is 7.11 Å². The van der Waals surface area contributed by atoms with Crippen LogP contribution >= 0.6 is 11.8 Å². The minimum Gasteiger partial charge on any atom is -0.380 e. The molecule has 3 N–H and O–H groups in total. The van der Waals surface area contributed by atoms with Gasteiger partial charge in [0, 0.05) is 22.9 Å². The Labute approximate surface area is 100 Å². The maximum absolute atomic E-state index is 4.82. The molecule has 0 saturated heterocycles. The predicted octanol–water partition coefficient (Wildman–Crippen LogP) is 1.06. The van der Waals surface area contributed by atoms with Gasteiger partial charge in [0.15, 0.2) is 0 Å². The molecule has 0 saturated carbocycles. The van der Waals surface area contributed by atoms with Gasteiger partial charge in [0.25, 0.3) is 0 Å². The first kappa shape index (κ1) is 11.5. The number of nitrogens with one attached hydrogen (secondary N) is 1. The van der Waals surface area contributed by atoms with Gasteiger partial charge in [-0.05, 0) is 24.1 Å². The predicted molar refractivity (Wildman–Crippen MR) is 67.4 cm³/mol. The van der Waals surface area contributed by atoms with E-state index in [1.165, 1.54) is 28.3 Å². The molecule has 4 heteroatoms. The highest BCUT2D eigenvalue weighted by Gasteiger charge is 2.14. The summed E-state index contributed by atoms with van der Waals surface area (Å²) < 4.78 is 0. The van der Waals surface area contributed by atoms with Gasteiger partial charge in [-0.3, -0.25) is 0 Å². The second-order valence-corrected chi connectivity index (χ2v) is 4.75. The zero-order valence-corrected chi connectivity index (χ0v) is 10.2. The average Bonchev–Trinajstić information content (AvgIpc) is 2.94. The molecule has 3 nitrogen and oxygen atoms in total. The summed E-state index contributed by atoms with van der Waals surface area (Å²) in [4.78, 5) is 6.22. The molecule has 16 heavy (non-hydrogen) atoms. The van der Waals surface area contributed by atoms with Gasteiger partial charge < -0.3 is 5.32 Å². The molecule has 2 heterocycles. The molecule has 0 spiro atoms. The van der Waals surface area contributed by atoms with Crippen molar-refractivity contribution in [1.29, 1.82) is 0 Å². The summed E-state index contributed by atoms with van der Waals surface area (Å²) in [6, 6.07) is 0. The number of hydroxylamine groups is 1. The van der Waals surface area contributed by atoms with E-state index in [2.05, 4.69) is 23.5 Å². The van der Waals surface area contributed by atoms with Crippen molar-refractivity contribution >= 4 is 11.8 Å². The molecule has 86 valence electrons. The molecular weight excluding hydrogens is 220 g/mol. The molecule has 0 atom stereocenters. The summed E-state index contributed by atoms with van der Waals surface area (Å²) in [7, 11) is 1.65. The molecule has 0 aromatic carbocycles. The molecule has 2 rings (SSSR count). The van der Waals surface area contributed by atoms with Crippen LogP contribution in [0.1, 0.15) is 6.42 Å². The summed E-state index contributed by atoms with van der Waals surface area (Å²) in [5.74, 6) is 1.22. The SMILES string of the molecule is CO[NH2+]/C=C\C=C1\C=C(C2=CCCS2)NC1. The van der Waals surface area contributed by atoms with Gasteiger partial charge in [0.1, 0.15) is 6.20 Å². The van der Waals surface area contributed by atoms with E-state index < -0.39 is 0 Å². The van der Waals surface area contributed by atoms with Crippen LogP contribution in [0.4, 0.5) is 0 Å². The lowest BCUT2D eigenvalue weighted by Gasteiger charge is -2.02. The third-order valence-electron chi connectivity index (χ3n) is 2.42. The minimum atomic E-state index is 0.921. The van der Waals surface area contributed by atoms with Crippen molar-refractivity contribution in [3.05, 3.63) is 46.7 Å². The molecular formula is C12H17N2OS+. The number of thioether (sulfide) groups is 1. The molecule has 0 aromatic heterocycles. The van der Waals surface area contributed by atoms with Crippen LogP contribution < -0.4 is 10.8 Å². The highest BCUT2D eigenvalue weighted by molar-refractivity contribution is 8.03. The van der Waals surface area contributed by atoms with Crippen LogP contribution in [0.2, 0.25) is 0 Å². The first-order chi connectivity index (χ1) is 7.90. The second kappa shape index (κ2) is 5.94. The zero-order valence-electron chi connectivity index (χ0n) is 9.40. The van der Waals surface area contributed by atoms with Gasteiger partial charge >= 0.3 is 0 Å². The van der Waals surface area contributed by atoms with Crippen LogP contribution in [0.5, 0.6) is 0 Å². The molecule has 2 aliphatic rings. The lowest BCUT2D eigenvalue weighted by Crippen LogP contribution is -2.75. The molecule has 0 fully saturated rings. The lowest BCUT2D eigenvalue weighted by molar-refractivity contribution is -0.842. The first-order valence-corrected chi connectivity index (χ1v) is 6.39. The maximum Gasteiger partial charge on any atom is 0.125 e. The Kier molecular flexibility index (Phi) is 4.27. The molecule has 2 aliphatic heterocycles. The van der Waals surface area contributed by atoms with Crippen molar-refractivity contribution < 1.29 is 10.3 Å². The van der Waals surface area contributed by atoms with E-state index in [-0.39, 0.29) is 0 Å². The topological polar surface area (TPSA) is 37.9 Å². The van der Waals surface area contributed by atoms with Crippen molar-refractivity contribution in [2.75, 3.05) is 19.4 Å². The highest BCUT2D eigenvalue weighted by atomic mass is 32.2. The minimum absolute atomic E-state index is 0.921. The Morgan fingerprint density at radius 1 is 1.56 bits per heavy atom. The molecule has 0 unspecified atom stereocenters. The highest BCUT2D eigenvalue weighted by Crippen LogP contribution is 2.31. The summed E-state index contributed by atoms with van der Waals surface area (Å²) in [5.41, 5.74) is 4.25. The fraction of sp³-hybridized carbons (Fsp3) is 0.333. The summed E-state index contributed by atoms with van der Waals surface area (Å²) in [5, 5.41) is 3.42. The number of quaternary nitrogens is 1. The van der Waals surface area contributed by atoms with E-state index in [1.54, 1.807) is 12.6 Å². The van der Waals surface area contributed by atoms with Crippen LogP contribution in [0.25, 0.3) is 0 Å². The monoisotopic (exact) mass is 237 g/mol. The maximum atomic E-state index is 4.82. The first-order valence-electron chi connectivity index (χ1n) is 5.41. The smallest absolute Gasteiger partial charge is 0.125 e. The van der Waals surface area contributed by atoms with Crippen molar-refractivity contribution in [3.8, 4) is 0 Å². The fourth-order valence-corrected chi connectivity index (χ4v) is 2.64. The summed E-state index contributed by atoms with van der Waals surface area (Å²) in [6.07, 6.45) is 11.7. The van der Waals surface area contributed by atoms with Crippen LogP contribution in [0, 0.1) is 0 Å². The molecule has 0 bridgehead atoms. The van der Waals surface area contributed by atoms with Gasteiger partial charge in [-0.2, -0.15) is 5.48 Å². The number of nitrogens with two attached hydrogens (primary N) is 1. The van der Waals surface area contributed by atoms with Crippen molar-refractivity contribution in [2.45, 2.75) is 6.42 Å². The Morgan fingerprint density at radius 2 is 2.50 bits per heavy atom. The van der Waals surface area contributed by atoms with E-state index in [9.17, 15) is 0 Å². The normalized spacial score (nSPS) is 22.7. The van der Waals surface area contributed by atoms with Gasteiger partial charge in [-0.15, -0.1) is 11.8 Å². The van der Waals surface area contributed by atoms with E-state index >= 15 is 0 Å². The largest absolute Gasteiger partial charge is 0.380 e. The Bertz CT molecular complexity index is 369. The third kappa shape index (κ3) is 3.01. The second-order valence-electron chi connectivity index (χ2n) is 3.62. The van der Waals surface area contributed by atoms with Crippen molar-refractivity contribution in [2.24, 2.45) is 0 Å². The number of hydrogen-bond donors (Lipinski definition) is 2. The van der Waals surface area contributed by atoms with Gasteiger partial charge in [-0.25, -0.2) is 4.84 Å². The van der Waals surface area contributed by atoms with Crippen LogP contribution in [0.3, 0.4) is 0 Å². The average molecular weight is 237 g/mol. The van der Waals surface area contributed by atoms with Crippen molar-refractivity contribution in [1.82, 2.24) is 5.32 Å². The van der Waals surface area contributed by atoms with E-state index in [0.29, 0.717) is 0 Å². The number of rotatable bonds is 4. The standard InChI is InChI=1S/C12H16N2OS/c1-15-14-6-2-4-10-8-11(13-9-10)12-5-3-7-16-12/h2,4-6,8,13-14H,3,7,9H2,1H3/p+1/b6-2-,10-4-. The molecule has 0 radical (unpaired) electrons. The molecule has 0 aliphatic carbocycles. The van der Waals surface area contributed by atoms with Crippen LogP contribution in [0.15, 0.2) is 46.7 Å². The van der Waals surface area contributed by atoms with Crippen molar-refractivity contribution in [3.63, 3.8) is 0 Å². The fourth-order valence-electron chi connectivity index (χ4n) is 1.66. The van der Waals surface area contributed by atoms with E-state index in [1.807, 2.05) is 24.0 Å². The number of allylic oxidation sites excluding steroid dienone is 3. The van der Waals surface area contributed by atoms with Gasteiger partial charge in [-0.1, -0.05) is 12.2 Å². The molecule has 0 amide bonds. The quantitative estimate of drug-likeness (QED) is 0.718.